The van der Waals surface area contributed by atoms with Gasteiger partial charge < -0.3 is 10.5 Å². The SMILES string of the molecule is COc1ccc(Br)cc1CC(C)(C)CCN. The second-order valence-electron chi connectivity index (χ2n) is 4.84. The fourth-order valence-electron chi connectivity index (χ4n) is 1.88. The highest BCUT2D eigenvalue weighted by molar-refractivity contribution is 9.10. The Morgan fingerprint density at radius 2 is 2.06 bits per heavy atom. The number of benzene rings is 1. The van der Waals surface area contributed by atoms with E-state index in [1.54, 1.807) is 7.11 Å². The largest absolute Gasteiger partial charge is 0.496 e. The Labute approximate surface area is 106 Å². The van der Waals surface area contributed by atoms with Gasteiger partial charge in [0.15, 0.2) is 0 Å². The molecule has 90 valence electrons. The van der Waals surface area contributed by atoms with Gasteiger partial charge >= 0.3 is 0 Å². The second kappa shape index (κ2) is 5.69. The Balaban J connectivity index is 2.90. The highest BCUT2D eigenvalue weighted by Gasteiger charge is 2.19. The number of nitrogens with two attached hydrogens (primary N) is 1. The van der Waals surface area contributed by atoms with Gasteiger partial charge in [0.05, 0.1) is 7.11 Å². The van der Waals surface area contributed by atoms with E-state index in [1.165, 1.54) is 5.56 Å². The maximum atomic E-state index is 5.63. The molecule has 0 aliphatic heterocycles. The Morgan fingerprint density at radius 1 is 1.38 bits per heavy atom. The standard InChI is InChI=1S/C13H20BrNO/c1-13(2,6-7-15)9-10-8-11(14)4-5-12(10)16-3/h4-5,8H,6-7,9,15H2,1-3H3. The topological polar surface area (TPSA) is 35.2 Å². The Kier molecular flexibility index (Phi) is 4.81. The predicted octanol–water partition coefficient (Wildman–Crippen LogP) is 3.38. The van der Waals surface area contributed by atoms with E-state index in [9.17, 15) is 0 Å². The van der Waals surface area contributed by atoms with E-state index in [0.717, 1.165) is 29.6 Å². The molecule has 0 spiro atoms. The second-order valence-corrected chi connectivity index (χ2v) is 5.75. The highest BCUT2D eigenvalue weighted by Crippen LogP contribution is 2.31. The Bertz CT molecular complexity index is 350. The minimum Gasteiger partial charge on any atom is -0.496 e. The molecule has 1 aromatic carbocycles. The third-order valence-corrected chi connectivity index (χ3v) is 3.23. The van der Waals surface area contributed by atoms with Crippen LogP contribution in [0.5, 0.6) is 5.75 Å². The van der Waals surface area contributed by atoms with Gasteiger partial charge in [-0.15, -0.1) is 0 Å². The molecule has 0 aliphatic rings. The molecule has 1 aromatic rings. The number of methoxy groups -OCH3 is 1. The monoisotopic (exact) mass is 285 g/mol. The summed E-state index contributed by atoms with van der Waals surface area (Å²) in [6.45, 7) is 5.20. The van der Waals surface area contributed by atoms with Crippen LogP contribution in [0.15, 0.2) is 22.7 Å². The summed E-state index contributed by atoms with van der Waals surface area (Å²) in [5, 5.41) is 0. The quantitative estimate of drug-likeness (QED) is 0.900. The van der Waals surface area contributed by atoms with Crippen molar-refractivity contribution in [2.75, 3.05) is 13.7 Å². The third-order valence-electron chi connectivity index (χ3n) is 2.73. The van der Waals surface area contributed by atoms with Gasteiger partial charge in [-0.2, -0.15) is 0 Å². The molecule has 0 fully saturated rings. The fraction of sp³-hybridized carbons (Fsp3) is 0.538. The van der Waals surface area contributed by atoms with Crippen molar-refractivity contribution in [3.63, 3.8) is 0 Å². The lowest BCUT2D eigenvalue weighted by molar-refractivity contribution is 0.329. The molecule has 2 N–H and O–H groups in total. The van der Waals surface area contributed by atoms with Gasteiger partial charge in [0, 0.05) is 4.47 Å². The highest BCUT2D eigenvalue weighted by atomic mass is 79.9. The molecule has 0 aromatic heterocycles. The maximum absolute atomic E-state index is 5.63. The summed E-state index contributed by atoms with van der Waals surface area (Å²) < 4.78 is 6.46. The molecule has 0 radical (unpaired) electrons. The molecule has 16 heavy (non-hydrogen) atoms. The summed E-state index contributed by atoms with van der Waals surface area (Å²) >= 11 is 3.49. The van der Waals surface area contributed by atoms with Gasteiger partial charge in [-0.05, 0) is 48.6 Å². The summed E-state index contributed by atoms with van der Waals surface area (Å²) in [4.78, 5) is 0. The van der Waals surface area contributed by atoms with Crippen LogP contribution in [0.1, 0.15) is 25.8 Å². The van der Waals surface area contributed by atoms with Crippen LogP contribution in [0.2, 0.25) is 0 Å². The summed E-state index contributed by atoms with van der Waals surface area (Å²) in [6, 6.07) is 6.12. The van der Waals surface area contributed by atoms with Crippen LogP contribution < -0.4 is 10.5 Å². The van der Waals surface area contributed by atoms with Crippen molar-refractivity contribution in [2.24, 2.45) is 11.1 Å². The summed E-state index contributed by atoms with van der Waals surface area (Å²) in [7, 11) is 1.71. The van der Waals surface area contributed by atoms with Gasteiger partial charge in [0.2, 0.25) is 0 Å². The molecule has 0 unspecified atom stereocenters. The molecule has 0 aliphatic carbocycles. The van der Waals surface area contributed by atoms with Gasteiger partial charge in [0.1, 0.15) is 5.75 Å². The van der Waals surface area contributed by atoms with Gasteiger partial charge in [-0.25, -0.2) is 0 Å². The molecule has 0 bridgehead atoms. The Morgan fingerprint density at radius 3 is 2.62 bits per heavy atom. The van der Waals surface area contributed by atoms with E-state index < -0.39 is 0 Å². The van der Waals surface area contributed by atoms with Crippen molar-refractivity contribution in [2.45, 2.75) is 26.7 Å². The van der Waals surface area contributed by atoms with Crippen LogP contribution >= 0.6 is 15.9 Å². The van der Waals surface area contributed by atoms with Crippen LogP contribution in [-0.2, 0) is 6.42 Å². The molecule has 3 heteroatoms. The van der Waals surface area contributed by atoms with Crippen molar-refractivity contribution >= 4 is 15.9 Å². The van der Waals surface area contributed by atoms with Crippen molar-refractivity contribution in [3.05, 3.63) is 28.2 Å². The first-order valence-electron chi connectivity index (χ1n) is 5.51. The number of halogens is 1. The van der Waals surface area contributed by atoms with Crippen molar-refractivity contribution in [1.29, 1.82) is 0 Å². The van der Waals surface area contributed by atoms with E-state index in [-0.39, 0.29) is 5.41 Å². The van der Waals surface area contributed by atoms with Gasteiger partial charge in [-0.1, -0.05) is 29.8 Å². The molecule has 0 heterocycles. The van der Waals surface area contributed by atoms with Crippen molar-refractivity contribution in [1.82, 2.24) is 0 Å². The first kappa shape index (κ1) is 13.5. The van der Waals surface area contributed by atoms with Gasteiger partial charge in [0.25, 0.3) is 0 Å². The van der Waals surface area contributed by atoms with Crippen LogP contribution in [0.4, 0.5) is 0 Å². The summed E-state index contributed by atoms with van der Waals surface area (Å²) in [5.41, 5.74) is 7.07. The molecule has 0 saturated heterocycles. The number of hydrogen-bond acceptors (Lipinski definition) is 2. The number of rotatable bonds is 5. The third kappa shape index (κ3) is 3.80. The van der Waals surface area contributed by atoms with E-state index in [0.29, 0.717) is 0 Å². The zero-order chi connectivity index (χ0) is 12.2. The van der Waals surface area contributed by atoms with Crippen LogP contribution in [0, 0.1) is 5.41 Å². The number of hydrogen-bond donors (Lipinski definition) is 1. The van der Waals surface area contributed by atoms with E-state index in [1.807, 2.05) is 12.1 Å². The average Bonchev–Trinajstić information content (AvgIpc) is 2.17. The molecule has 0 saturated carbocycles. The zero-order valence-corrected chi connectivity index (χ0v) is 11.8. The number of ether oxygens (including phenoxy) is 1. The summed E-state index contributed by atoms with van der Waals surface area (Å²) in [6.07, 6.45) is 2.00. The first-order chi connectivity index (χ1) is 7.48. The molecular formula is C13H20BrNO. The molecular weight excluding hydrogens is 266 g/mol. The van der Waals surface area contributed by atoms with Crippen LogP contribution in [0.3, 0.4) is 0 Å². The van der Waals surface area contributed by atoms with Crippen molar-refractivity contribution in [3.8, 4) is 5.75 Å². The lowest BCUT2D eigenvalue weighted by Gasteiger charge is -2.25. The van der Waals surface area contributed by atoms with Crippen molar-refractivity contribution < 1.29 is 4.74 Å². The van der Waals surface area contributed by atoms with E-state index in [4.69, 9.17) is 10.5 Å². The van der Waals surface area contributed by atoms with E-state index in [2.05, 4.69) is 35.8 Å². The maximum Gasteiger partial charge on any atom is 0.122 e. The molecule has 2 nitrogen and oxygen atoms in total. The Hall–Kier alpha value is -0.540. The first-order valence-corrected chi connectivity index (χ1v) is 6.30. The fourth-order valence-corrected chi connectivity index (χ4v) is 2.29. The van der Waals surface area contributed by atoms with E-state index >= 15 is 0 Å². The zero-order valence-electron chi connectivity index (χ0n) is 10.2. The lowest BCUT2D eigenvalue weighted by Crippen LogP contribution is -2.20. The normalized spacial score (nSPS) is 11.6. The predicted molar refractivity (Wildman–Crippen MR) is 71.9 cm³/mol. The lowest BCUT2D eigenvalue weighted by atomic mass is 9.82. The van der Waals surface area contributed by atoms with Gasteiger partial charge in [-0.3, -0.25) is 0 Å². The minimum absolute atomic E-state index is 0.211. The van der Waals surface area contributed by atoms with Crippen LogP contribution in [0.25, 0.3) is 0 Å². The molecule has 0 atom stereocenters. The molecule has 1 rings (SSSR count). The molecule has 0 amide bonds. The average molecular weight is 286 g/mol. The smallest absolute Gasteiger partial charge is 0.122 e. The van der Waals surface area contributed by atoms with Crippen LogP contribution in [-0.4, -0.2) is 13.7 Å². The summed E-state index contributed by atoms with van der Waals surface area (Å²) in [5.74, 6) is 0.952. The minimum atomic E-state index is 0.211.